The van der Waals surface area contributed by atoms with Crippen LogP contribution < -0.4 is 5.32 Å². The van der Waals surface area contributed by atoms with E-state index >= 15 is 0 Å². The highest BCUT2D eigenvalue weighted by molar-refractivity contribution is 8.01. The first-order chi connectivity index (χ1) is 14.2. The quantitative estimate of drug-likeness (QED) is 0.365. The van der Waals surface area contributed by atoms with Crippen molar-refractivity contribution < 1.29 is 9.53 Å². The van der Waals surface area contributed by atoms with Crippen LogP contribution >= 0.6 is 46.5 Å². The first kappa shape index (κ1) is 23.1. The number of hydrogen-bond acceptors (Lipinski definition) is 5. The summed E-state index contributed by atoms with van der Waals surface area (Å²) < 4.78 is 6.37. The molecule has 1 N–H and O–H groups in total. The summed E-state index contributed by atoms with van der Waals surface area (Å²) in [6.45, 7) is 5.86. The zero-order chi connectivity index (χ0) is 21.7. The van der Waals surface area contributed by atoms with Crippen molar-refractivity contribution >= 4 is 52.6 Å². The van der Waals surface area contributed by atoms with Crippen molar-refractivity contribution in [2.75, 3.05) is 6.26 Å². The van der Waals surface area contributed by atoms with E-state index in [1.807, 2.05) is 32.9 Å². The van der Waals surface area contributed by atoms with E-state index in [1.54, 1.807) is 34.9 Å². The number of amides is 1. The Kier molecular flexibility index (Phi) is 7.80. The summed E-state index contributed by atoms with van der Waals surface area (Å²) in [7, 11) is 0. The zero-order valence-electron chi connectivity index (χ0n) is 17.3. The molecule has 1 amide bonds. The molecule has 1 heterocycles. The molecule has 7 heteroatoms. The smallest absolute Gasteiger partial charge is 0.407 e. The van der Waals surface area contributed by atoms with Crippen LogP contribution in [-0.4, -0.2) is 18.0 Å². The van der Waals surface area contributed by atoms with Crippen LogP contribution in [-0.2, 0) is 11.3 Å². The number of thiophene rings is 1. The molecule has 2 aromatic carbocycles. The van der Waals surface area contributed by atoms with Gasteiger partial charge in [0.25, 0.3) is 0 Å². The molecule has 3 aromatic rings. The fraction of sp³-hybridized carbons (Fsp3) is 0.261. The second kappa shape index (κ2) is 10.1. The number of alkyl carbamates (subject to hydrolysis) is 1. The minimum absolute atomic E-state index is 0.346. The van der Waals surface area contributed by atoms with Gasteiger partial charge >= 0.3 is 6.09 Å². The van der Waals surface area contributed by atoms with E-state index in [9.17, 15) is 4.79 Å². The zero-order valence-corrected chi connectivity index (χ0v) is 20.5. The summed E-state index contributed by atoms with van der Waals surface area (Å²) in [4.78, 5) is 15.2. The van der Waals surface area contributed by atoms with Gasteiger partial charge in [0.1, 0.15) is 5.60 Å². The Morgan fingerprint density at radius 2 is 1.77 bits per heavy atom. The van der Waals surface area contributed by atoms with Crippen molar-refractivity contribution in [1.82, 2.24) is 5.32 Å². The van der Waals surface area contributed by atoms with E-state index in [4.69, 9.17) is 16.3 Å². The maximum atomic E-state index is 11.9. The van der Waals surface area contributed by atoms with Crippen molar-refractivity contribution in [1.29, 1.82) is 0 Å². The van der Waals surface area contributed by atoms with E-state index in [2.05, 4.69) is 54.0 Å². The number of carbonyl (C=O) groups is 1. The van der Waals surface area contributed by atoms with E-state index in [-0.39, 0.29) is 0 Å². The van der Waals surface area contributed by atoms with Gasteiger partial charge in [0, 0.05) is 14.7 Å². The lowest BCUT2D eigenvalue weighted by molar-refractivity contribution is 0.0524. The molecule has 3 rings (SSSR count). The van der Waals surface area contributed by atoms with Crippen molar-refractivity contribution in [3.05, 3.63) is 64.5 Å². The topological polar surface area (TPSA) is 38.3 Å². The number of nitrogens with one attached hydrogen (secondary N) is 1. The van der Waals surface area contributed by atoms with Crippen LogP contribution in [0.15, 0.2) is 68.6 Å². The lowest BCUT2D eigenvalue weighted by Gasteiger charge is -2.19. The molecule has 0 aliphatic heterocycles. The minimum Gasteiger partial charge on any atom is -0.444 e. The van der Waals surface area contributed by atoms with Crippen LogP contribution in [0.4, 0.5) is 4.79 Å². The standard InChI is InChI=1S/C23H24ClNO2S3/c1-23(2,3)27-22(26)25-14-20-19(24)13-21(30-20)29-18-11-16(10-17(12-18)28-4)15-8-6-5-7-9-15/h5-13H,14H2,1-4H3,(H,25,26). The van der Waals surface area contributed by atoms with Gasteiger partial charge in [-0.15, -0.1) is 23.1 Å². The SMILES string of the molecule is CSc1cc(Sc2cc(Cl)c(CNC(=O)OC(C)(C)C)s2)cc(-c2ccccc2)c1. The monoisotopic (exact) mass is 477 g/mol. The fourth-order valence-corrected chi connectivity index (χ4v) is 5.93. The third-order valence-corrected chi connectivity index (χ3v) is 7.34. The Labute approximate surface area is 195 Å². The average molecular weight is 478 g/mol. The Morgan fingerprint density at radius 1 is 1.07 bits per heavy atom. The molecule has 0 unspecified atom stereocenters. The van der Waals surface area contributed by atoms with Gasteiger partial charge in [-0.05, 0) is 62.4 Å². The molecule has 0 saturated carbocycles. The molecule has 158 valence electrons. The lowest BCUT2D eigenvalue weighted by Crippen LogP contribution is -2.31. The number of carbonyl (C=O) groups excluding carboxylic acids is 1. The number of thioether (sulfide) groups is 1. The van der Waals surface area contributed by atoms with Crippen molar-refractivity contribution in [2.45, 2.75) is 46.9 Å². The Balaban J connectivity index is 1.74. The first-order valence-corrected chi connectivity index (χ1v) is 12.6. The largest absolute Gasteiger partial charge is 0.444 e. The molecule has 0 atom stereocenters. The maximum Gasteiger partial charge on any atom is 0.407 e. The van der Waals surface area contributed by atoms with Crippen molar-refractivity contribution in [2.24, 2.45) is 0 Å². The predicted molar refractivity (Wildman–Crippen MR) is 130 cm³/mol. The fourth-order valence-electron chi connectivity index (χ4n) is 2.68. The van der Waals surface area contributed by atoms with Gasteiger partial charge in [0.05, 0.1) is 15.8 Å². The van der Waals surface area contributed by atoms with Gasteiger partial charge < -0.3 is 10.1 Å². The highest BCUT2D eigenvalue weighted by atomic mass is 35.5. The molecule has 0 fully saturated rings. The molecule has 0 aliphatic rings. The highest BCUT2D eigenvalue weighted by Gasteiger charge is 2.17. The number of hydrogen-bond donors (Lipinski definition) is 1. The van der Waals surface area contributed by atoms with Crippen LogP contribution in [0.2, 0.25) is 5.02 Å². The van der Waals surface area contributed by atoms with E-state index in [1.165, 1.54) is 16.0 Å². The number of benzene rings is 2. The van der Waals surface area contributed by atoms with Gasteiger partial charge in [-0.1, -0.05) is 53.7 Å². The molecule has 0 spiro atoms. The molecule has 0 aliphatic carbocycles. The Hall–Kier alpha value is -1.60. The number of ether oxygens (including phenoxy) is 1. The van der Waals surface area contributed by atoms with Crippen molar-refractivity contribution in [3.63, 3.8) is 0 Å². The van der Waals surface area contributed by atoms with Gasteiger partial charge in [-0.3, -0.25) is 0 Å². The summed E-state index contributed by atoms with van der Waals surface area (Å²) in [5, 5.41) is 3.43. The number of rotatable bonds is 6. The third kappa shape index (κ3) is 6.71. The molecular weight excluding hydrogens is 454 g/mol. The van der Waals surface area contributed by atoms with Gasteiger partial charge in [0.2, 0.25) is 0 Å². The van der Waals surface area contributed by atoms with E-state index < -0.39 is 11.7 Å². The summed E-state index contributed by atoms with van der Waals surface area (Å²) in [6, 6.07) is 18.9. The van der Waals surface area contributed by atoms with Crippen LogP contribution in [0, 0.1) is 0 Å². The van der Waals surface area contributed by atoms with Crippen molar-refractivity contribution in [3.8, 4) is 11.1 Å². The summed E-state index contributed by atoms with van der Waals surface area (Å²) in [6.07, 6.45) is 1.64. The van der Waals surface area contributed by atoms with Crippen LogP contribution in [0.5, 0.6) is 0 Å². The maximum absolute atomic E-state index is 11.9. The van der Waals surface area contributed by atoms with Crippen LogP contribution in [0.1, 0.15) is 25.6 Å². The van der Waals surface area contributed by atoms with Gasteiger partial charge in [0.15, 0.2) is 0 Å². The molecule has 0 bridgehead atoms. The second-order valence-corrected chi connectivity index (χ2v) is 11.4. The summed E-state index contributed by atoms with van der Waals surface area (Å²) in [5.41, 5.74) is 1.87. The Bertz CT molecular complexity index is 1010. The van der Waals surface area contributed by atoms with Crippen LogP contribution in [0.3, 0.4) is 0 Å². The molecule has 30 heavy (non-hydrogen) atoms. The van der Waals surface area contributed by atoms with E-state index in [0.717, 1.165) is 14.0 Å². The highest BCUT2D eigenvalue weighted by Crippen LogP contribution is 2.40. The second-order valence-electron chi connectivity index (χ2n) is 7.56. The molecule has 0 radical (unpaired) electrons. The van der Waals surface area contributed by atoms with E-state index in [0.29, 0.717) is 11.6 Å². The van der Waals surface area contributed by atoms with Crippen LogP contribution in [0.25, 0.3) is 11.1 Å². The predicted octanol–water partition coefficient (Wildman–Crippen LogP) is 7.97. The minimum atomic E-state index is -0.525. The first-order valence-electron chi connectivity index (χ1n) is 9.41. The van der Waals surface area contributed by atoms with Gasteiger partial charge in [-0.2, -0.15) is 0 Å². The lowest BCUT2D eigenvalue weighted by atomic mass is 10.1. The third-order valence-electron chi connectivity index (χ3n) is 3.97. The Morgan fingerprint density at radius 3 is 2.43 bits per heavy atom. The molecular formula is C23H24ClNO2S3. The average Bonchev–Trinajstić information content (AvgIpc) is 3.04. The molecule has 3 nitrogen and oxygen atoms in total. The number of halogens is 1. The molecule has 1 aromatic heterocycles. The summed E-state index contributed by atoms with van der Waals surface area (Å²) in [5.74, 6) is 0. The molecule has 0 saturated heterocycles. The summed E-state index contributed by atoms with van der Waals surface area (Å²) >= 11 is 11.4. The normalized spacial score (nSPS) is 11.4. The van der Waals surface area contributed by atoms with Gasteiger partial charge in [-0.25, -0.2) is 4.79 Å².